The summed E-state index contributed by atoms with van der Waals surface area (Å²) < 4.78 is 3.47. The second-order valence-electron chi connectivity index (χ2n) is 3.23. The minimum Gasteiger partial charge on any atom is -0.396 e. The van der Waals surface area contributed by atoms with E-state index in [0.29, 0.717) is 12.2 Å². The Hall–Kier alpha value is -1.85. The van der Waals surface area contributed by atoms with Gasteiger partial charge in [0.05, 0.1) is 24.1 Å². The third-order valence-electron chi connectivity index (χ3n) is 2.10. The molecule has 0 aliphatic carbocycles. The molecule has 2 N–H and O–H groups in total. The van der Waals surface area contributed by atoms with E-state index in [1.807, 2.05) is 20.2 Å². The molecule has 2 heterocycles. The maximum absolute atomic E-state index is 5.67. The molecule has 2 aromatic heterocycles. The van der Waals surface area contributed by atoms with Crippen molar-refractivity contribution in [2.75, 3.05) is 5.73 Å². The topological polar surface area (TPSA) is 74.5 Å². The van der Waals surface area contributed by atoms with Crippen molar-refractivity contribution in [1.29, 1.82) is 0 Å². The average Bonchev–Trinajstić information content (AvgIpc) is 2.67. The van der Waals surface area contributed by atoms with E-state index in [4.69, 9.17) is 5.73 Å². The third-order valence-corrected chi connectivity index (χ3v) is 2.10. The Bertz CT molecular complexity index is 440. The molecule has 6 nitrogen and oxygen atoms in total. The Morgan fingerprint density at radius 1 is 1.50 bits per heavy atom. The molecule has 0 saturated heterocycles. The minimum absolute atomic E-state index is 0.608. The predicted octanol–water partition coefficient (Wildman–Crippen LogP) is -0.0495. The van der Waals surface area contributed by atoms with Gasteiger partial charge in [-0.2, -0.15) is 5.10 Å². The number of nitrogens with zero attached hydrogens (tertiary/aromatic N) is 5. The first-order valence-electron chi connectivity index (χ1n) is 4.30. The predicted molar refractivity (Wildman–Crippen MR) is 51.5 cm³/mol. The summed E-state index contributed by atoms with van der Waals surface area (Å²) in [6.07, 6.45) is 3.50. The Balaban J connectivity index is 2.22. The molecule has 74 valence electrons. The first-order chi connectivity index (χ1) is 6.66. The largest absolute Gasteiger partial charge is 0.396 e. The van der Waals surface area contributed by atoms with Crippen LogP contribution in [0.4, 0.5) is 5.69 Å². The number of rotatable bonds is 2. The average molecular weight is 192 g/mol. The van der Waals surface area contributed by atoms with E-state index in [2.05, 4.69) is 15.4 Å². The van der Waals surface area contributed by atoms with Gasteiger partial charge in [-0.15, -0.1) is 5.10 Å². The molecule has 0 aliphatic heterocycles. The lowest BCUT2D eigenvalue weighted by atomic mass is 10.4. The first-order valence-corrected chi connectivity index (χ1v) is 4.30. The Kier molecular flexibility index (Phi) is 1.95. The Labute approximate surface area is 81.3 Å². The molecule has 0 saturated carbocycles. The summed E-state index contributed by atoms with van der Waals surface area (Å²) in [7, 11) is 1.83. The quantitative estimate of drug-likeness (QED) is 0.724. The molecular formula is C8H12N6. The van der Waals surface area contributed by atoms with Crippen LogP contribution in [-0.4, -0.2) is 24.8 Å². The number of nitrogens with two attached hydrogens (primary N) is 1. The van der Waals surface area contributed by atoms with Crippen molar-refractivity contribution in [3.63, 3.8) is 0 Å². The molecule has 0 spiro atoms. The van der Waals surface area contributed by atoms with E-state index < -0.39 is 0 Å². The van der Waals surface area contributed by atoms with Crippen LogP contribution >= 0.6 is 0 Å². The zero-order valence-electron chi connectivity index (χ0n) is 8.18. The van der Waals surface area contributed by atoms with E-state index >= 15 is 0 Å². The van der Waals surface area contributed by atoms with E-state index in [1.165, 1.54) is 0 Å². The van der Waals surface area contributed by atoms with Gasteiger partial charge in [-0.05, 0) is 6.92 Å². The SMILES string of the molecule is Cc1c(N)cnn1Cc1cn(C)nn1. The lowest BCUT2D eigenvalue weighted by Crippen LogP contribution is -2.04. The van der Waals surface area contributed by atoms with Gasteiger partial charge in [0.25, 0.3) is 0 Å². The molecule has 2 aromatic rings. The highest BCUT2D eigenvalue weighted by Crippen LogP contribution is 2.09. The number of nitrogen functional groups attached to an aromatic ring is 1. The highest BCUT2D eigenvalue weighted by Gasteiger charge is 2.05. The first kappa shape index (κ1) is 8.74. The minimum atomic E-state index is 0.608. The van der Waals surface area contributed by atoms with E-state index in [0.717, 1.165) is 11.4 Å². The van der Waals surface area contributed by atoms with Gasteiger partial charge < -0.3 is 5.73 Å². The number of aryl methyl sites for hydroxylation is 1. The highest BCUT2D eigenvalue weighted by atomic mass is 15.4. The summed E-state index contributed by atoms with van der Waals surface area (Å²) in [6.45, 7) is 2.54. The van der Waals surface area contributed by atoms with Crippen molar-refractivity contribution >= 4 is 5.69 Å². The normalized spacial score (nSPS) is 10.7. The molecule has 0 aliphatic rings. The molecule has 0 bridgehead atoms. The van der Waals surface area contributed by atoms with Crippen molar-refractivity contribution < 1.29 is 0 Å². The number of hydrogen-bond donors (Lipinski definition) is 1. The van der Waals surface area contributed by atoms with E-state index in [1.54, 1.807) is 15.6 Å². The number of hydrogen-bond acceptors (Lipinski definition) is 4. The van der Waals surface area contributed by atoms with Gasteiger partial charge in [0.15, 0.2) is 0 Å². The maximum atomic E-state index is 5.67. The maximum Gasteiger partial charge on any atom is 0.104 e. The lowest BCUT2D eigenvalue weighted by Gasteiger charge is -2.00. The molecule has 14 heavy (non-hydrogen) atoms. The lowest BCUT2D eigenvalue weighted by molar-refractivity contribution is 0.649. The molecule has 6 heteroatoms. The molecule has 0 fully saturated rings. The highest BCUT2D eigenvalue weighted by molar-refractivity contribution is 5.39. The molecule has 0 aromatic carbocycles. The van der Waals surface area contributed by atoms with Crippen LogP contribution in [0.2, 0.25) is 0 Å². The zero-order chi connectivity index (χ0) is 10.1. The van der Waals surface area contributed by atoms with Crippen LogP contribution in [0.5, 0.6) is 0 Å². The Morgan fingerprint density at radius 3 is 2.79 bits per heavy atom. The van der Waals surface area contributed by atoms with Gasteiger partial charge in [-0.25, -0.2) is 0 Å². The summed E-state index contributed by atoms with van der Waals surface area (Å²) in [5, 5.41) is 12.0. The molecule has 0 atom stereocenters. The van der Waals surface area contributed by atoms with Gasteiger partial charge in [-0.3, -0.25) is 9.36 Å². The van der Waals surface area contributed by atoms with Crippen LogP contribution in [0.25, 0.3) is 0 Å². The number of anilines is 1. The Morgan fingerprint density at radius 2 is 2.29 bits per heavy atom. The van der Waals surface area contributed by atoms with Crippen molar-refractivity contribution in [3.05, 3.63) is 23.8 Å². The summed E-state index contributed by atoms with van der Waals surface area (Å²) in [4.78, 5) is 0. The fourth-order valence-electron chi connectivity index (χ4n) is 1.24. The van der Waals surface area contributed by atoms with Crippen LogP contribution < -0.4 is 5.73 Å². The van der Waals surface area contributed by atoms with Crippen molar-refractivity contribution in [1.82, 2.24) is 24.8 Å². The second kappa shape index (κ2) is 3.13. The van der Waals surface area contributed by atoms with Crippen molar-refractivity contribution in [3.8, 4) is 0 Å². The van der Waals surface area contributed by atoms with Crippen LogP contribution in [0.3, 0.4) is 0 Å². The molecule has 0 radical (unpaired) electrons. The monoisotopic (exact) mass is 192 g/mol. The standard InChI is InChI=1S/C8H12N6/c1-6-8(9)3-10-14(6)5-7-4-13(2)12-11-7/h3-4H,5,9H2,1-2H3. The second-order valence-corrected chi connectivity index (χ2v) is 3.23. The summed E-state index contributed by atoms with van der Waals surface area (Å²) >= 11 is 0. The smallest absolute Gasteiger partial charge is 0.104 e. The zero-order valence-corrected chi connectivity index (χ0v) is 8.18. The van der Waals surface area contributed by atoms with Gasteiger partial charge >= 0.3 is 0 Å². The fourth-order valence-corrected chi connectivity index (χ4v) is 1.24. The molecule has 0 amide bonds. The van der Waals surface area contributed by atoms with Gasteiger partial charge in [0.1, 0.15) is 5.69 Å². The van der Waals surface area contributed by atoms with E-state index in [9.17, 15) is 0 Å². The third kappa shape index (κ3) is 1.46. The van der Waals surface area contributed by atoms with Crippen molar-refractivity contribution in [2.45, 2.75) is 13.5 Å². The van der Waals surface area contributed by atoms with Gasteiger partial charge in [0.2, 0.25) is 0 Å². The summed E-state index contributed by atoms with van der Waals surface area (Å²) in [5.41, 5.74) is 8.21. The van der Waals surface area contributed by atoms with Crippen molar-refractivity contribution in [2.24, 2.45) is 7.05 Å². The van der Waals surface area contributed by atoms with Crippen LogP contribution in [0.15, 0.2) is 12.4 Å². The van der Waals surface area contributed by atoms with Gasteiger partial charge in [-0.1, -0.05) is 5.21 Å². The molecular weight excluding hydrogens is 180 g/mol. The van der Waals surface area contributed by atoms with Crippen LogP contribution in [0, 0.1) is 6.92 Å². The summed E-state index contributed by atoms with van der Waals surface area (Å²) in [6, 6.07) is 0. The van der Waals surface area contributed by atoms with Crippen LogP contribution in [0.1, 0.15) is 11.4 Å². The summed E-state index contributed by atoms with van der Waals surface area (Å²) in [5.74, 6) is 0. The van der Waals surface area contributed by atoms with Gasteiger partial charge in [0, 0.05) is 13.2 Å². The fraction of sp³-hybridized carbons (Fsp3) is 0.375. The number of aromatic nitrogens is 5. The molecule has 0 unspecified atom stereocenters. The van der Waals surface area contributed by atoms with Crippen LogP contribution in [-0.2, 0) is 13.6 Å². The van der Waals surface area contributed by atoms with E-state index in [-0.39, 0.29) is 0 Å². The molecule has 2 rings (SSSR count).